The van der Waals surface area contributed by atoms with Gasteiger partial charge in [-0.25, -0.2) is 0 Å². The molecule has 1 rings (SSSR count). The summed E-state index contributed by atoms with van der Waals surface area (Å²) in [6.45, 7) is 1.67. The maximum Gasteiger partial charge on any atom is 0.364 e. The van der Waals surface area contributed by atoms with Crippen LogP contribution in [-0.2, 0) is 0 Å². The minimum atomic E-state index is -0.633. The van der Waals surface area contributed by atoms with Gasteiger partial charge in [0.25, 0.3) is 5.91 Å². The second kappa shape index (κ2) is 3.82. The van der Waals surface area contributed by atoms with Crippen LogP contribution in [0.4, 0.5) is 5.82 Å². The summed E-state index contributed by atoms with van der Waals surface area (Å²) in [5.74, 6) is -0.679. The number of nitrogens with one attached hydrogen (secondary N) is 1. The van der Waals surface area contributed by atoms with Gasteiger partial charge in [0.2, 0.25) is 0 Å². The van der Waals surface area contributed by atoms with Crippen LogP contribution in [0.5, 0.6) is 0 Å². The number of carbonyl (C=O) groups excluding carboxylic acids is 1. The SMILES string of the molecule is CNC(=O)c1cc([N+](=O)[O-])ncc1C. The maximum absolute atomic E-state index is 11.2. The monoisotopic (exact) mass is 195 g/mol. The predicted molar refractivity (Wildman–Crippen MR) is 49.0 cm³/mol. The quantitative estimate of drug-likeness (QED) is 0.554. The van der Waals surface area contributed by atoms with Crippen molar-refractivity contribution in [1.29, 1.82) is 0 Å². The average Bonchev–Trinajstić information content (AvgIpc) is 2.17. The third-order valence-corrected chi connectivity index (χ3v) is 1.75. The molecule has 0 spiro atoms. The Hall–Kier alpha value is -1.98. The van der Waals surface area contributed by atoms with Crippen molar-refractivity contribution in [1.82, 2.24) is 10.3 Å². The molecule has 0 aliphatic heterocycles. The highest BCUT2D eigenvalue weighted by atomic mass is 16.6. The number of hydrogen-bond donors (Lipinski definition) is 1. The van der Waals surface area contributed by atoms with Crippen molar-refractivity contribution >= 4 is 11.7 Å². The topological polar surface area (TPSA) is 85.1 Å². The van der Waals surface area contributed by atoms with Crippen molar-refractivity contribution in [2.45, 2.75) is 6.92 Å². The Balaban J connectivity index is 3.21. The Morgan fingerprint density at radius 3 is 2.79 bits per heavy atom. The number of amides is 1. The molecule has 1 aromatic heterocycles. The molecule has 74 valence electrons. The van der Waals surface area contributed by atoms with Crippen LogP contribution in [-0.4, -0.2) is 22.9 Å². The highest BCUT2D eigenvalue weighted by molar-refractivity contribution is 5.95. The molecule has 0 aliphatic carbocycles. The zero-order chi connectivity index (χ0) is 10.7. The second-order valence-electron chi connectivity index (χ2n) is 2.69. The number of carbonyl (C=O) groups is 1. The van der Waals surface area contributed by atoms with Crippen molar-refractivity contribution in [3.63, 3.8) is 0 Å². The van der Waals surface area contributed by atoms with E-state index >= 15 is 0 Å². The Morgan fingerprint density at radius 2 is 2.29 bits per heavy atom. The van der Waals surface area contributed by atoms with Gasteiger partial charge < -0.3 is 15.4 Å². The van der Waals surface area contributed by atoms with Gasteiger partial charge in [-0.05, 0) is 16.8 Å². The largest absolute Gasteiger partial charge is 0.364 e. The van der Waals surface area contributed by atoms with Gasteiger partial charge in [0.1, 0.15) is 6.20 Å². The molecule has 0 aliphatic rings. The molecule has 0 aromatic carbocycles. The first-order valence-corrected chi connectivity index (χ1v) is 3.89. The number of nitro groups is 1. The smallest absolute Gasteiger partial charge is 0.358 e. The van der Waals surface area contributed by atoms with Crippen LogP contribution >= 0.6 is 0 Å². The van der Waals surface area contributed by atoms with E-state index < -0.39 is 4.92 Å². The van der Waals surface area contributed by atoms with Gasteiger partial charge in [0.15, 0.2) is 0 Å². The van der Waals surface area contributed by atoms with E-state index in [1.165, 1.54) is 13.2 Å². The van der Waals surface area contributed by atoms with E-state index in [-0.39, 0.29) is 17.3 Å². The van der Waals surface area contributed by atoms with E-state index in [1.54, 1.807) is 6.92 Å². The van der Waals surface area contributed by atoms with Crippen LogP contribution in [0.25, 0.3) is 0 Å². The minimum absolute atomic E-state index is 0.272. The fraction of sp³-hybridized carbons (Fsp3) is 0.250. The van der Waals surface area contributed by atoms with Crippen LogP contribution in [0.1, 0.15) is 15.9 Å². The lowest BCUT2D eigenvalue weighted by atomic mass is 10.1. The van der Waals surface area contributed by atoms with Gasteiger partial charge >= 0.3 is 5.82 Å². The van der Waals surface area contributed by atoms with Gasteiger partial charge in [-0.3, -0.25) is 4.79 Å². The number of aromatic nitrogens is 1. The molecule has 0 saturated heterocycles. The van der Waals surface area contributed by atoms with Crippen molar-refractivity contribution in [3.8, 4) is 0 Å². The summed E-state index contributed by atoms with van der Waals surface area (Å²) in [5, 5.41) is 12.8. The lowest BCUT2D eigenvalue weighted by Gasteiger charge is -2.01. The van der Waals surface area contributed by atoms with Crippen LogP contribution in [0.2, 0.25) is 0 Å². The molecule has 14 heavy (non-hydrogen) atoms. The molecule has 6 nitrogen and oxygen atoms in total. The van der Waals surface area contributed by atoms with Gasteiger partial charge in [-0.15, -0.1) is 0 Å². The molecule has 1 N–H and O–H groups in total. The summed E-state index contributed by atoms with van der Waals surface area (Å²) >= 11 is 0. The first kappa shape index (κ1) is 10.1. The number of rotatable bonds is 2. The van der Waals surface area contributed by atoms with Gasteiger partial charge in [0, 0.05) is 18.7 Å². The number of aryl methyl sites for hydroxylation is 1. The summed E-state index contributed by atoms with van der Waals surface area (Å²) in [5.41, 5.74) is 0.879. The molecule has 1 heterocycles. The molecule has 1 amide bonds. The minimum Gasteiger partial charge on any atom is -0.358 e. The number of pyridine rings is 1. The highest BCUT2D eigenvalue weighted by Crippen LogP contribution is 2.13. The first-order valence-electron chi connectivity index (χ1n) is 3.89. The zero-order valence-corrected chi connectivity index (χ0v) is 7.77. The van der Waals surface area contributed by atoms with E-state index in [9.17, 15) is 14.9 Å². The molecule has 0 atom stereocenters. The van der Waals surface area contributed by atoms with Crippen molar-refractivity contribution in [2.24, 2.45) is 0 Å². The predicted octanol–water partition coefficient (Wildman–Crippen LogP) is 0.658. The van der Waals surface area contributed by atoms with Gasteiger partial charge in [-0.2, -0.15) is 0 Å². The molecule has 1 aromatic rings. The Bertz CT molecular complexity index is 389. The van der Waals surface area contributed by atoms with E-state index in [1.807, 2.05) is 0 Å². The Labute approximate surface area is 80.1 Å². The lowest BCUT2D eigenvalue weighted by molar-refractivity contribution is -0.389. The molecule has 0 unspecified atom stereocenters. The standard InChI is InChI=1S/C8H9N3O3/c1-5-4-10-7(11(13)14)3-6(5)8(12)9-2/h3-4H,1-2H3,(H,9,12). The maximum atomic E-state index is 11.2. The van der Waals surface area contributed by atoms with Crippen LogP contribution < -0.4 is 5.32 Å². The lowest BCUT2D eigenvalue weighted by Crippen LogP contribution is -2.19. The van der Waals surface area contributed by atoms with Crippen molar-refractivity contribution < 1.29 is 9.72 Å². The van der Waals surface area contributed by atoms with Crippen LogP contribution in [0, 0.1) is 17.0 Å². The molecule has 0 fully saturated rings. The summed E-state index contributed by atoms with van der Waals surface area (Å²) in [7, 11) is 1.47. The van der Waals surface area contributed by atoms with Crippen LogP contribution in [0.15, 0.2) is 12.3 Å². The second-order valence-corrected chi connectivity index (χ2v) is 2.69. The average molecular weight is 195 g/mol. The molecule has 0 radical (unpaired) electrons. The molecule has 6 heteroatoms. The van der Waals surface area contributed by atoms with Gasteiger partial charge in [-0.1, -0.05) is 0 Å². The van der Waals surface area contributed by atoms with Crippen molar-refractivity contribution in [3.05, 3.63) is 33.5 Å². The Morgan fingerprint density at radius 1 is 1.64 bits per heavy atom. The third kappa shape index (κ3) is 1.85. The molecular weight excluding hydrogens is 186 g/mol. The van der Waals surface area contributed by atoms with E-state index in [0.717, 1.165) is 6.07 Å². The normalized spacial score (nSPS) is 9.57. The first-order chi connectivity index (χ1) is 6.56. The van der Waals surface area contributed by atoms with E-state index in [4.69, 9.17) is 0 Å². The number of nitrogens with zero attached hydrogens (tertiary/aromatic N) is 2. The Kier molecular flexibility index (Phi) is 2.76. The fourth-order valence-corrected chi connectivity index (χ4v) is 0.992. The van der Waals surface area contributed by atoms with Gasteiger partial charge in [0.05, 0.1) is 5.56 Å². The highest BCUT2D eigenvalue weighted by Gasteiger charge is 2.14. The summed E-state index contributed by atoms with van der Waals surface area (Å²) in [6.07, 6.45) is 1.31. The molecule has 0 bridgehead atoms. The third-order valence-electron chi connectivity index (χ3n) is 1.75. The molecular formula is C8H9N3O3. The van der Waals surface area contributed by atoms with Crippen molar-refractivity contribution in [2.75, 3.05) is 7.05 Å². The van der Waals surface area contributed by atoms with E-state index in [2.05, 4.69) is 10.3 Å². The fourth-order valence-electron chi connectivity index (χ4n) is 0.992. The number of hydrogen-bond acceptors (Lipinski definition) is 4. The van der Waals surface area contributed by atoms with E-state index in [0.29, 0.717) is 5.56 Å². The molecule has 0 saturated carbocycles. The zero-order valence-electron chi connectivity index (χ0n) is 7.77. The summed E-state index contributed by atoms with van der Waals surface area (Å²) in [6, 6.07) is 1.16. The van der Waals surface area contributed by atoms with Crippen LogP contribution in [0.3, 0.4) is 0 Å². The summed E-state index contributed by atoms with van der Waals surface area (Å²) in [4.78, 5) is 24.6. The summed E-state index contributed by atoms with van der Waals surface area (Å²) < 4.78 is 0.